The van der Waals surface area contributed by atoms with Gasteiger partial charge in [-0.15, -0.1) is 0 Å². The zero-order chi connectivity index (χ0) is 17.5. The van der Waals surface area contributed by atoms with E-state index in [4.69, 9.17) is 4.74 Å². The van der Waals surface area contributed by atoms with Crippen molar-refractivity contribution in [3.8, 4) is 0 Å². The minimum Gasteiger partial charge on any atom is -0.390 e. The SMILES string of the molecule is O=C(CCN1CCOCC1)N1CCN(Cc2ccccc2)C[C@H](O)C1. The molecule has 2 fully saturated rings. The number of hydrogen-bond donors (Lipinski definition) is 1. The third-order valence-electron chi connectivity index (χ3n) is 4.93. The number of carbonyl (C=O) groups is 1. The molecule has 0 aliphatic carbocycles. The van der Waals surface area contributed by atoms with E-state index in [0.717, 1.165) is 45.9 Å². The molecule has 6 nitrogen and oxygen atoms in total. The lowest BCUT2D eigenvalue weighted by Gasteiger charge is -2.28. The Labute approximate surface area is 150 Å². The average Bonchev–Trinajstić information content (AvgIpc) is 2.82. The standard InChI is InChI=1S/C19H29N3O3/c23-18-15-21(14-17-4-2-1-3-5-17)8-9-22(16-18)19(24)6-7-20-10-12-25-13-11-20/h1-5,18,23H,6-16H2/t18-/m0/s1. The molecule has 0 aromatic heterocycles. The molecule has 6 heteroatoms. The summed E-state index contributed by atoms with van der Waals surface area (Å²) in [5, 5.41) is 10.3. The molecule has 0 bridgehead atoms. The molecule has 2 saturated heterocycles. The number of morpholine rings is 1. The number of β-amino-alcohol motifs (C(OH)–C–C–N with tert-alkyl or cyclic N) is 1. The predicted octanol–water partition coefficient (Wildman–Crippen LogP) is 0.414. The van der Waals surface area contributed by atoms with Crippen LogP contribution in [0, 0.1) is 0 Å². The lowest BCUT2D eigenvalue weighted by atomic mass is 10.2. The van der Waals surface area contributed by atoms with Crippen molar-refractivity contribution < 1.29 is 14.6 Å². The second kappa shape index (κ2) is 9.29. The van der Waals surface area contributed by atoms with Gasteiger partial charge in [0.15, 0.2) is 0 Å². The molecule has 0 saturated carbocycles. The highest BCUT2D eigenvalue weighted by molar-refractivity contribution is 5.76. The van der Waals surface area contributed by atoms with E-state index >= 15 is 0 Å². The number of nitrogens with zero attached hydrogens (tertiary/aromatic N) is 3. The van der Waals surface area contributed by atoms with Gasteiger partial charge in [0.25, 0.3) is 0 Å². The van der Waals surface area contributed by atoms with Crippen molar-refractivity contribution in [3.05, 3.63) is 35.9 Å². The van der Waals surface area contributed by atoms with E-state index in [9.17, 15) is 9.90 Å². The maximum Gasteiger partial charge on any atom is 0.223 e. The molecule has 0 spiro atoms. The summed E-state index contributed by atoms with van der Waals surface area (Å²) in [6.45, 7) is 7.45. The molecular formula is C19H29N3O3. The van der Waals surface area contributed by atoms with Crippen LogP contribution in [-0.4, -0.2) is 90.8 Å². The smallest absolute Gasteiger partial charge is 0.223 e. The van der Waals surface area contributed by atoms with E-state index in [0.29, 0.717) is 26.1 Å². The molecule has 1 amide bonds. The summed E-state index contributed by atoms with van der Waals surface area (Å²) in [4.78, 5) is 18.9. The van der Waals surface area contributed by atoms with Gasteiger partial charge < -0.3 is 14.7 Å². The van der Waals surface area contributed by atoms with Crippen LogP contribution in [0.15, 0.2) is 30.3 Å². The van der Waals surface area contributed by atoms with E-state index < -0.39 is 6.10 Å². The lowest BCUT2D eigenvalue weighted by molar-refractivity contribution is -0.132. The zero-order valence-corrected chi connectivity index (χ0v) is 14.8. The number of aliphatic hydroxyl groups excluding tert-OH is 1. The quantitative estimate of drug-likeness (QED) is 0.836. The number of hydrogen-bond acceptors (Lipinski definition) is 5. The summed E-state index contributed by atoms with van der Waals surface area (Å²) >= 11 is 0. The predicted molar refractivity (Wildman–Crippen MR) is 96.2 cm³/mol. The minimum atomic E-state index is -0.487. The highest BCUT2D eigenvalue weighted by Crippen LogP contribution is 2.11. The number of rotatable bonds is 5. The van der Waals surface area contributed by atoms with Crippen molar-refractivity contribution in [2.24, 2.45) is 0 Å². The molecule has 25 heavy (non-hydrogen) atoms. The number of ether oxygens (including phenoxy) is 1. The van der Waals surface area contributed by atoms with E-state index in [1.165, 1.54) is 5.56 Å². The summed E-state index contributed by atoms with van der Waals surface area (Å²) in [6, 6.07) is 10.3. The Hall–Kier alpha value is -1.47. The fourth-order valence-electron chi connectivity index (χ4n) is 3.50. The maximum atomic E-state index is 12.5. The van der Waals surface area contributed by atoms with Crippen LogP contribution in [0.5, 0.6) is 0 Å². The molecule has 3 rings (SSSR count). The monoisotopic (exact) mass is 347 g/mol. The van der Waals surface area contributed by atoms with Gasteiger partial charge in [-0.2, -0.15) is 0 Å². The van der Waals surface area contributed by atoms with Crippen molar-refractivity contribution in [2.45, 2.75) is 19.1 Å². The molecule has 1 N–H and O–H groups in total. The van der Waals surface area contributed by atoms with Crippen molar-refractivity contribution in [1.29, 1.82) is 0 Å². The average molecular weight is 347 g/mol. The third-order valence-corrected chi connectivity index (χ3v) is 4.93. The summed E-state index contributed by atoms with van der Waals surface area (Å²) in [5.74, 6) is 0.145. The zero-order valence-electron chi connectivity index (χ0n) is 14.8. The molecule has 2 aliphatic heterocycles. The normalized spacial score (nSPS) is 23.4. The summed E-state index contributed by atoms with van der Waals surface area (Å²) in [6.07, 6.45) is 0.0318. The van der Waals surface area contributed by atoms with Crippen molar-refractivity contribution in [2.75, 3.05) is 59.0 Å². The molecule has 2 aliphatic rings. The van der Waals surface area contributed by atoms with Gasteiger partial charge in [-0.05, 0) is 5.56 Å². The first kappa shape index (κ1) is 18.3. The Kier molecular flexibility index (Phi) is 6.81. The van der Waals surface area contributed by atoms with Gasteiger partial charge in [0.05, 0.1) is 19.3 Å². The number of aliphatic hydroxyl groups is 1. The first-order valence-corrected chi connectivity index (χ1v) is 9.23. The first-order valence-electron chi connectivity index (χ1n) is 9.23. The molecule has 2 heterocycles. The van der Waals surface area contributed by atoms with Gasteiger partial charge in [0.2, 0.25) is 5.91 Å². The molecule has 0 unspecified atom stereocenters. The van der Waals surface area contributed by atoms with Crippen LogP contribution in [0.25, 0.3) is 0 Å². The van der Waals surface area contributed by atoms with Gasteiger partial charge in [-0.1, -0.05) is 30.3 Å². The number of benzene rings is 1. The molecular weight excluding hydrogens is 318 g/mol. The minimum absolute atomic E-state index is 0.145. The second-order valence-corrected chi connectivity index (χ2v) is 6.92. The van der Waals surface area contributed by atoms with Gasteiger partial charge in [0, 0.05) is 58.8 Å². The Balaban J connectivity index is 1.47. The topological polar surface area (TPSA) is 56.2 Å². The summed E-state index contributed by atoms with van der Waals surface area (Å²) in [7, 11) is 0. The largest absolute Gasteiger partial charge is 0.390 e. The van der Waals surface area contributed by atoms with Crippen LogP contribution in [0.2, 0.25) is 0 Å². The van der Waals surface area contributed by atoms with Gasteiger partial charge in [0.1, 0.15) is 0 Å². The highest BCUT2D eigenvalue weighted by atomic mass is 16.5. The van der Waals surface area contributed by atoms with Crippen LogP contribution < -0.4 is 0 Å². The van der Waals surface area contributed by atoms with Crippen molar-refractivity contribution >= 4 is 5.91 Å². The Morgan fingerprint density at radius 3 is 2.56 bits per heavy atom. The molecule has 0 radical (unpaired) electrons. The molecule has 1 atom stereocenters. The molecule has 1 aromatic rings. The van der Waals surface area contributed by atoms with Crippen molar-refractivity contribution in [1.82, 2.24) is 14.7 Å². The first-order chi connectivity index (χ1) is 12.2. The Morgan fingerprint density at radius 2 is 1.80 bits per heavy atom. The number of amides is 1. The van der Waals surface area contributed by atoms with E-state index in [-0.39, 0.29) is 5.91 Å². The lowest BCUT2D eigenvalue weighted by Crippen LogP contribution is -2.41. The van der Waals surface area contributed by atoms with Gasteiger partial charge >= 0.3 is 0 Å². The fourth-order valence-corrected chi connectivity index (χ4v) is 3.50. The van der Waals surface area contributed by atoms with Crippen LogP contribution in [0.4, 0.5) is 0 Å². The maximum absolute atomic E-state index is 12.5. The summed E-state index contributed by atoms with van der Waals surface area (Å²) < 4.78 is 5.34. The number of carbonyl (C=O) groups excluding carboxylic acids is 1. The Bertz CT molecular complexity index is 534. The van der Waals surface area contributed by atoms with E-state index in [1.807, 2.05) is 23.1 Å². The molecule has 138 valence electrons. The van der Waals surface area contributed by atoms with Crippen LogP contribution in [0.3, 0.4) is 0 Å². The summed E-state index contributed by atoms with van der Waals surface area (Å²) in [5.41, 5.74) is 1.24. The van der Waals surface area contributed by atoms with Gasteiger partial charge in [-0.3, -0.25) is 14.6 Å². The fraction of sp³-hybridized carbons (Fsp3) is 0.632. The van der Waals surface area contributed by atoms with E-state index in [1.54, 1.807) is 0 Å². The van der Waals surface area contributed by atoms with Crippen LogP contribution >= 0.6 is 0 Å². The highest BCUT2D eigenvalue weighted by Gasteiger charge is 2.24. The van der Waals surface area contributed by atoms with Gasteiger partial charge in [-0.25, -0.2) is 0 Å². The second-order valence-electron chi connectivity index (χ2n) is 6.92. The molecule has 1 aromatic carbocycles. The van der Waals surface area contributed by atoms with Crippen LogP contribution in [0.1, 0.15) is 12.0 Å². The van der Waals surface area contributed by atoms with Crippen LogP contribution in [-0.2, 0) is 16.1 Å². The van der Waals surface area contributed by atoms with E-state index in [2.05, 4.69) is 21.9 Å². The van der Waals surface area contributed by atoms with Crippen molar-refractivity contribution in [3.63, 3.8) is 0 Å². The Morgan fingerprint density at radius 1 is 1.04 bits per heavy atom. The third kappa shape index (κ3) is 5.78.